The van der Waals surface area contributed by atoms with Crippen LogP contribution in [0, 0.1) is 0 Å². The number of carbonyl (C=O) groups excluding carboxylic acids is 6. The highest BCUT2D eigenvalue weighted by molar-refractivity contribution is 7.46. The van der Waals surface area contributed by atoms with E-state index >= 15 is 9.59 Å². The van der Waals surface area contributed by atoms with Crippen molar-refractivity contribution in [3.63, 3.8) is 0 Å². The van der Waals surface area contributed by atoms with Crippen LogP contribution in [0.3, 0.4) is 0 Å². The van der Waals surface area contributed by atoms with E-state index in [1.165, 1.54) is 19.3 Å². The highest BCUT2D eigenvalue weighted by Crippen LogP contribution is 2.45. The first-order chi connectivity index (χ1) is 66.3. The van der Waals surface area contributed by atoms with Crippen molar-refractivity contribution in [2.45, 2.75) is 588 Å². The normalized spacial score (nSPS) is 23.0. The van der Waals surface area contributed by atoms with Crippen LogP contribution in [-0.2, 0) is 94.4 Å². The zero-order valence-electron chi connectivity index (χ0n) is 85.3. The minimum absolute atomic E-state index is 0.00157. The van der Waals surface area contributed by atoms with Gasteiger partial charge in [0.2, 0.25) is 11.8 Å². The Morgan fingerprint density at radius 3 is 1.09 bits per heavy atom. The molecule has 3 aliphatic rings. The summed E-state index contributed by atoms with van der Waals surface area (Å²) in [5.41, 5.74) is 0. The fourth-order valence-corrected chi connectivity index (χ4v) is 19.5. The van der Waals surface area contributed by atoms with Crippen LogP contribution in [0.1, 0.15) is 472 Å². The van der Waals surface area contributed by atoms with Crippen molar-refractivity contribution in [1.82, 2.24) is 10.6 Å². The van der Waals surface area contributed by atoms with Gasteiger partial charge < -0.3 is 114 Å². The van der Waals surface area contributed by atoms with Gasteiger partial charge in [-0.05, 0) is 51.4 Å². The molecule has 138 heavy (non-hydrogen) atoms. The van der Waals surface area contributed by atoms with Gasteiger partial charge in [-0.3, -0.25) is 37.8 Å². The summed E-state index contributed by atoms with van der Waals surface area (Å²) in [6.45, 7) is 9.15. The molecule has 3 rings (SSSR count). The molecule has 0 unspecified atom stereocenters. The molecule has 810 valence electrons. The number of rotatable bonds is 89. The Bertz CT molecular complexity index is 3230. The van der Waals surface area contributed by atoms with E-state index in [9.17, 15) is 93.5 Å². The van der Waals surface area contributed by atoms with Gasteiger partial charge in [0.05, 0.1) is 63.8 Å². The number of nitrogens with one attached hydrogen (secondary N) is 2. The minimum Gasteiger partial charge on any atom is -0.477 e. The quantitative estimate of drug-likeness (QED) is 0.0116. The molecule has 3 heterocycles. The highest BCUT2D eigenvalue weighted by Gasteiger charge is 2.59. The van der Waals surface area contributed by atoms with E-state index in [0.717, 1.165) is 283 Å². The zero-order chi connectivity index (χ0) is 102. The maximum Gasteiger partial charge on any atom is 0.472 e. The number of aliphatic carboxylic acids is 1. The molecule has 0 aliphatic carbocycles. The van der Waals surface area contributed by atoms with Gasteiger partial charge in [-0.25, -0.2) is 13.9 Å². The molecule has 0 saturated carbocycles. The third-order valence-electron chi connectivity index (χ3n) is 26.6. The summed E-state index contributed by atoms with van der Waals surface area (Å²) in [7, 11) is -11.9. The van der Waals surface area contributed by atoms with Crippen LogP contribution in [0.25, 0.3) is 0 Å². The summed E-state index contributed by atoms with van der Waals surface area (Å²) in [6, 6.07) is -4.24. The molecule has 36 heteroatoms. The van der Waals surface area contributed by atoms with Gasteiger partial charge in [0, 0.05) is 19.3 Å². The van der Waals surface area contributed by atoms with Gasteiger partial charge in [0.15, 0.2) is 24.8 Å². The number of hydrogen-bond donors (Lipinski definition) is 14. The minimum atomic E-state index is -6.04. The largest absolute Gasteiger partial charge is 0.477 e. The number of phosphoric acid groups is 2. The maximum atomic E-state index is 15.6. The standard InChI is InChI=1S/C102H190N2O32P2/c1-7-13-19-25-31-37-38-44-50-56-62-68-88(113)129-80(66-60-54-48-42-35-29-23-17-11-5)72-90(115)133-98-92(104-86(111)71-79(65-59-53-47-41-34-28-22-16-10-4)128-87(112)67-61-55-49-43-36-30-24-18-12-6)99(131-84(96(98)135-137(120,121)122)76-127-102(101(118)119)73-81(108)93(116)95(134-102)82(109)74-105)126-75-83-94(117)97(132-89(114)70-78(107)64-58-52-46-40-33-27-21-15-9-3)91(100(130-83)136-138(123,124)125)103-85(110)69-77(106)63-57-51-45-39-32-26-20-14-8-2/h77-84,91-100,105-109,116-117H,7-76H2,1-6H3,(H,103,110)(H,104,111)(H,118,119)(H2,120,121,122)(H2,123,124,125)/t77-,78-,79-,80-,81-,82-,83-,84-,91-,92-,93-,94-,95-,96-,97-,98-,99-,100+,102-/m1/s1. The molecular formula is C102H190N2O32P2. The number of carboxylic acids is 1. The van der Waals surface area contributed by atoms with Gasteiger partial charge >= 0.3 is 45.5 Å². The summed E-state index contributed by atoms with van der Waals surface area (Å²) >= 11 is 0. The van der Waals surface area contributed by atoms with Crippen molar-refractivity contribution in [3.05, 3.63) is 0 Å². The topological polar surface area (TPSA) is 522 Å². The van der Waals surface area contributed by atoms with Crippen LogP contribution in [0.15, 0.2) is 0 Å². The van der Waals surface area contributed by atoms with Gasteiger partial charge in [0.1, 0.15) is 67.0 Å². The molecule has 3 saturated heterocycles. The molecule has 3 aliphatic heterocycles. The second kappa shape index (κ2) is 78.4. The van der Waals surface area contributed by atoms with E-state index in [-0.39, 0.29) is 38.5 Å². The number of ether oxygens (including phenoxy) is 9. The summed E-state index contributed by atoms with van der Waals surface area (Å²) in [4.78, 5) is 145. The summed E-state index contributed by atoms with van der Waals surface area (Å²) in [6.07, 6.45) is 17.9. The van der Waals surface area contributed by atoms with Crippen molar-refractivity contribution in [1.29, 1.82) is 0 Å². The van der Waals surface area contributed by atoms with Crippen molar-refractivity contribution < 1.29 is 155 Å². The number of aliphatic hydroxyl groups is 7. The lowest BCUT2D eigenvalue weighted by atomic mass is 9.92. The first-order valence-electron chi connectivity index (χ1n) is 54.3. The van der Waals surface area contributed by atoms with E-state index in [1.54, 1.807) is 0 Å². The SMILES string of the molecule is CCCCCCCCCCCCCC(=O)O[C@H](CCCCCCCCCCC)CC(=O)O[C@@H]1[C@@H](NC(=O)C[C@@H](CCCCCCCCCCC)OC(=O)CCCCCCCCCCC)[C@H](OC[C@H]2O[C@@H](OP(=O)(O)O)[C@H](NC(=O)C[C@H](O)CCCCCCCCCCC)[C@@H](OC(=O)C[C@H](O)CCCCCCCCCCC)[C@@H]2O)O[C@H](CO[C@]2(C(=O)O)C[C@@H](O)[C@@H](O)[C@@H]([C@H](O)CO)O2)[C@H]1OP(=O)(O)O. The lowest BCUT2D eigenvalue weighted by Crippen LogP contribution is -2.68. The van der Waals surface area contributed by atoms with Crippen molar-refractivity contribution in [2.24, 2.45) is 0 Å². The van der Waals surface area contributed by atoms with E-state index < -0.39 is 225 Å². The summed E-state index contributed by atoms with van der Waals surface area (Å²) in [5.74, 6) is -10.9. The Morgan fingerprint density at radius 2 is 0.710 bits per heavy atom. The molecule has 2 amide bonds. The van der Waals surface area contributed by atoms with Crippen LogP contribution < -0.4 is 10.6 Å². The number of aliphatic hydroxyl groups excluding tert-OH is 7. The predicted octanol–water partition coefficient (Wildman–Crippen LogP) is 18.3. The van der Waals surface area contributed by atoms with Gasteiger partial charge in [-0.1, -0.05) is 375 Å². The average molecular weight is 2020 g/mol. The van der Waals surface area contributed by atoms with E-state index in [2.05, 4.69) is 52.2 Å². The van der Waals surface area contributed by atoms with E-state index in [0.29, 0.717) is 57.8 Å². The average Bonchev–Trinajstić information content (AvgIpc) is 0.762. The Morgan fingerprint density at radius 1 is 0.377 bits per heavy atom. The molecule has 0 aromatic rings. The molecule has 0 aromatic heterocycles. The fourth-order valence-electron chi connectivity index (χ4n) is 18.4. The summed E-state index contributed by atoms with van der Waals surface area (Å²) in [5, 5.41) is 95.2. The third-order valence-corrected chi connectivity index (χ3v) is 27.6. The molecule has 3 fully saturated rings. The van der Waals surface area contributed by atoms with Gasteiger partial charge in [-0.2, -0.15) is 0 Å². The van der Waals surface area contributed by atoms with Crippen LogP contribution in [-0.4, -0.2) is 238 Å². The highest BCUT2D eigenvalue weighted by atomic mass is 31.2. The monoisotopic (exact) mass is 2020 g/mol. The molecule has 0 aromatic carbocycles. The van der Waals surface area contributed by atoms with Crippen LogP contribution in [0.4, 0.5) is 0 Å². The molecule has 19 atom stereocenters. The number of hydrogen-bond acceptors (Lipinski definition) is 27. The Hall–Kier alpha value is -3.97. The first-order valence-corrected chi connectivity index (χ1v) is 57.3. The smallest absolute Gasteiger partial charge is 0.472 e. The van der Waals surface area contributed by atoms with Crippen LogP contribution in [0.2, 0.25) is 0 Å². The van der Waals surface area contributed by atoms with Crippen molar-refractivity contribution in [3.8, 4) is 0 Å². The van der Waals surface area contributed by atoms with Crippen molar-refractivity contribution in [2.75, 3.05) is 19.8 Å². The fraction of sp³-hybridized carbons (Fsp3) is 0.931. The van der Waals surface area contributed by atoms with Gasteiger partial charge in [0.25, 0.3) is 5.79 Å². The third kappa shape index (κ3) is 59.6. The molecule has 0 bridgehead atoms. The second-order valence-electron chi connectivity index (χ2n) is 39.3. The number of esters is 4. The second-order valence-corrected chi connectivity index (χ2v) is 41.7. The first kappa shape index (κ1) is 128. The number of unbranched alkanes of at least 4 members (excludes halogenated alkanes) is 50. The van der Waals surface area contributed by atoms with Crippen molar-refractivity contribution >= 4 is 57.3 Å². The maximum absolute atomic E-state index is 15.6. The Labute approximate surface area is 826 Å². The molecule has 14 N–H and O–H groups in total. The Kier molecular flexibility index (Phi) is 72.8. The Balaban J connectivity index is 2.43. The molecular weight excluding hydrogens is 1830 g/mol. The molecule has 34 nitrogen and oxygen atoms in total. The molecule has 0 radical (unpaired) electrons. The number of carbonyl (C=O) groups is 7. The van der Waals surface area contributed by atoms with Crippen LogP contribution >= 0.6 is 15.6 Å². The lowest BCUT2D eigenvalue weighted by Gasteiger charge is -2.48. The van der Waals surface area contributed by atoms with Gasteiger partial charge in [-0.15, -0.1) is 0 Å². The van der Waals surface area contributed by atoms with E-state index in [1.807, 2.05) is 0 Å². The lowest BCUT2D eigenvalue weighted by molar-refractivity contribution is -0.340. The summed E-state index contributed by atoms with van der Waals surface area (Å²) < 4.78 is 93.6. The zero-order valence-corrected chi connectivity index (χ0v) is 87.1. The van der Waals surface area contributed by atoms with E-state index in [4.69, 9.17) is 51.7 Å². The molecule has 0 spiro atoms. The number of amides is 2. The predicted molar refractivity (Wildman–Crippen MR) is 524 cm³/mol. The number of phosphoric ester groups is 2. The number of carboxylic acid groups (broad SMARTS) is 1. The van der Waals surface area contributed by atoms with Crippen LogP contribution in [0.5, 0.6) is 0 Å².